The van der Waals surface area contributed by atoms with Crippen LogP contribution in [0.25, 0.3) is 11.3 Å². The molecule has 6 rings (SSSR count). The van der Waals surface area contributed by atoms with Crippen molar-refractivity contribution >= 4 is 5.91 Å². The Balaban J connectivity index is 1.29. The molecule has 0 spiro atoms. The molecule has 1 saturated carbocycles. The van der Waals surface area contributed by atoms with Gasteiger partial charge in [-0.3, -0.25) is 9.69 Å². The second kappa shape index (κ2) is 7.86. The van der Waals surface area contributed by atoms with Gasteiger partial charge < -0.3 is 5.32 Å². The zero-order chi connectivity index (χ0) is 19.8. The van der Waals surface area contributed by atoms with Gasteiger partial charge in [-0.15, -0.1) is 0 Å². The Bertz CT molecular complexity index is 880. The number of carbonyl (C=O) groups is 1. The highest BCUT2D eigenvalue weighted by molar-refractivity contribution is 5.79. The quantitative estimate of drug-likeness (QED) is 0.848. The van der Waals surface area contributed by atoms with Crippen molar-refractivity contribution < 1.29 is 4.79 Å². The van der Waals surface area contributed by atoms with Crippen LogP contribution in [0.15, 0.2) is 36.4 Å². The van der Waals surface area contributed by atoms with E-state index < -0.39 is 0 Å². The average molecular weight is 391 g/mol. The van der Waals surface area contributed by atoms with Crippen LogP contribution in [0.3, 0.4) is 0 Å². The van der Waals surface area contributed by atoms with Gasteiger partial charge in [0.05, 0.1) is 5.69 Å². The first-order chi connectivity index (χ1) is 14.2. The molecule has 1 N–H and O–H groups in total. The number of aromatic nitrogens is 2. The van der Waals surface area contributed by atoms with E-state index in [0.29, 0.717) is 17.9 Å². The number of hydrogen-bond donors (Lipinski definition) is 1. The molecule has 1 amide bonds. The summed E-state index contributed by atoms with van der Waals surface area (Å²) in [6.45, 7) is 4.98. The maximum absolute atomic E-state index is 12.2. The van der Waals surface area contributed by atoms with Crippen molar-refractivity contribution in [1.82, 2.24) is 20.2 Å². The van der Waals surface area contributed by atoms with Crippen molar-refractivity contribution in [2.24, 2.45) is 11.8 Å². The van der Waals surface area contributed by atoms with Crippen molar-refractivity contribution in [3.8, 4) is 11.3 Å². The Kier molecular flexibility index (Phi) is 5.08. The zero-order valence-corrected chi connectivity index (χ0v) is 17.2. The molecule has 4 unspecified atom stereocenters. The fourth-order valence-electron chi connectivity index (χ4n) is 5.26. The summed E-state index contributed by atoms with van der Waals surface area (Å²) in [5.74, 6) is 2.51. The number of amides is 1. The molecule has 1 aromatic heterocycles. The first kappa shape index (κ1) is 18.7. The highest BCUT2D eigenvalue weighted by Gasteiger charge is 2.41. The number of benzene rings is 1. The zero-order valence-electron chi connectivity index (χ0n) is 17.2. The fraction of sp³-hybridized carbons (Fsp3) is 0.542. The predicted octanol–water partition coefficient (Wildman–Crippen LogP) is 3.55. The van der Waals surface area contributed by atoms with E-state index in [1.54, 1.807) is 0 Å². The van der Waals surface area contributed by atoms with E-state index in [4.69, 9.17) is 4.98 Å². The van der Waals surface area contributed by atoms with Crippen molar-refractivity contribution in [1.29, 1.82) is 0 Å². The van der Waals surface area contributed by atoms with Crippen LogP contribution in [0.1, 0.15) is 49.5 Å². The van der Waals surface area contributed by atoms with Crippen LogP contribution in [-0.4, -0.2) is 46.5 Å². The molecule has 4 aliphatic rings. The minimum absolute atomic E-state index is 0.273. The average Bonchev–Trinajstić information content (AvgIpc) is 2.71. The van der Waals surface area contributed by atoms with Crippen LogP contribution < -0.4 is 5.32 Å². The smallest absolute Gasteiger partial charge is 0.223 e. The van der Waals surface area contributed by atoms with Gasteiger partial charge in [-0.1, -0.05) is 36.8 Å². The molecule has 2 aromatic rings. The van der Waals surface area contributed by atoms with Crippen LogP contribution in [0.2, 0.25) is 0 Å². The Morgan fingerprint density at radius 1 is 1.17 bits per heavy atom. The number of fused-ring (bicyclic) bond motifs is 3. The van der Waals surface area contributed by atoms with E-state index in [-0.39, 0.29) is 11.8 Å². The largest absolute Gasteiger partial charge is 0.354 e. The minimum Gasteiger partial charge on any atom is -0.354 e. The van der Waals surface area contributed by atoms with Crippen LogP contribution in [0, 0.1) is 18.8 Å². The van der Waals surface area contributed by atoms with Gasteiger partial charge in [-0.2, -0.15) is 0 Å². The molecule has 5 heteroatoms. The summed E-state index contributed by atoms with van der Waals surface area (Å²) in [6, 6.07) is 13.1. The topological polar surface area (TPSA) is 58.1 Å². The van der Waals surface area contributed by atoms with Gasteiger partial charge in [0.2, 0.25) is 5.91 Å². The fourth-order valence-corrected chi connectivity index (χ4v) is 5.26. The number of nitrogens with zero attached hydrogens (tertiary/aromatic N) is 3. The van der Waals surface area contributed by atoms with Crippen molar-refractivity contribution in [2.45, 2.75) is 51.0 Å². The molecule has 3 aliphatic heterocycles. The van der Waals surface area contributed by atoms with E-state index in [2.05, 4.69) is 45.5 Å². The molecular weight excluding hydrogens is 360 g/mol. The molecule has 152 valence electrons. The normalized spacial score (nSPS) is 28.7. The summed E-state index contributed by atoms with van der Waals surface area (Å²) < 4.78 is 0. The third kappa shape index (κ3) is 3.80. The summed E-state index contributed by atoms with van der Waals surface area (Å²) in [4.78, 5) is 24.3. The summed E-state index contributed by atoms with van der Waals surface area (Å²) >= 11 is 0. The number of aryl methyl sites for hydroxylation is 1. The Hall–Kier alpha value is -2.27. The highest BCUT2D eigenvalue weighted by atomic mass is 16.1. The number of carbonyl (C=O) groups excluding carboxylic acids is 1. The lowest BCUT2D eigenvalue weighted by Crippen LogP contribution is -2.56. The molecule has 4 atom stereocenters. The molecule has 5 nitrogen and oxygen atoms in total. The molecule has 1 aliphatic carbocycles. The first-order valence-corrected chi connectivity index (χ1v) is 11.1. The minimum atomic E-state index is 0.273. The van der Waals surface area contributed by atoms with Gasteiger partial charge in [-0.05, 0) is 51.1 Å². The molecule has 29 heavy (non-hydrogen) atoms. The van der Waals surface area contributed by atoms with E-state index >= 15 is 0 Å². The van der Waals surface area contributed by atoms with E-state index in [1.165, 1.54) is 18.5 Å². The molecule has 1 aromatic carbocycles. The maximum Gasteiger partial charge on any atom is 0.223 e. The van der Waals surface area contributed by atoms with Gasteiger partial charge in [0.25, 0.3) is 0 Å². The molecular formula is C24H30N4O. The molecule has 4 heterocycles. The molecule has 0 radical (unpaired) electrons. The summed E-state index contributed by atoms with van der Waals surface area (Å²) in [7, 11) is 0. The highest BCUT2D eigenvalue weighted by Crippen LogP contribution is 2.41. The summed E-state index contributed by atoms with van der Waals surface area (Å²) in [5, 5.41) is 3.23. The van der Waals surface area contributed by atoms with Crippen molar-refractivity contribution in [2.75, 3.05) is 19.6 Å². The Morgan fingerprint density at radius 3 is 2.69 bits per heavy atom. The van der Waals surface area contributed by atoms with E-state index in [0.717, 1.165) is 56.0 Å². The van der Waals surface area contributed by atoms with Crippen molar-refractivity contribution in [3.63, 3.8) is 0 Å². The standard InChI is InChI=1S/C24H30N4O/c1-16-26-22(17-6-3-2-4-7-17)13-23(27-16)21-15-28-11-10-19(21)12-20(28)14-25-24(29)18-8-5-9-18/h2-4,6-7,13,18-21H,5,8-12,14-15H2,1H3,(H,25,29). The van der Waals surface area contributed by atoms with Gasteiger partial charge in [0.15, 0.2) is 0 Å². The second-order valence-corrected chi connectivity index (χ2v) is 9.00. The number of piperidine rings is 3. The Morgan fingerprint density at radius 2 is 2.00 bits per heavy atom. The van der Waals surface area contributed by atoms with Crippen LogP contribution in [0.5, 0.6) is 0 Å². The lowest BCUT2D eigenvalue weighted by atomic mass is 9.74. The van der Waals surface area contributed by atoms with Gasteiger partial charge >= 0.3 is 0 Å². The number of rotatable bonds is 5. The van der Waals surface area contributed by atoms with Gasteiger partial charge in [-0.25, -0.2) is 9.97 Å². The monoisotopic (exact) mass is 390 g/mol. The number of nitrogens with one attached hydrogen (secondary N) is 1. The molecule has 3 saturated heterocycles. The summed E-state index contributed by atoms with van der Waals surface area (Å²) in [6.07, 6.45) is 5.73. The van der Waals surface area contributed by atoms with Crippen LogP contribution in [-0.2, 0) is 4.79 Å². The molecule has 2 bridgehead atoms. The lowest BCUT2D eigenvalue weighted by Gasteiger charge is -2.50. The number of hydrogen-bond acceptors (Lipinski definition) is 4. The summed E-state index contributed by atoms with van der Waals surface area (Å²) in [5.41, 5.74) is 3.36. The third-order valence-corrected chi connectivity index (χ3v) is 7.17. The van der Waals surface area contributed by atoms with Gasteiger partial charge in [0.1, 0.15) is 5.82 Å². The first-order valence-electron chi connectivity index (χ1n) is 11.1. The van der Waals surface area contributed by atoms with E-state index in [1.807, 2.05) is 13.0 Å². The Labute approximate surface area is 172 Å². The SMILES string of the molecule is Cc1nc(-c2ccccc2)cc(C2CN3CCC2CC3CNC(=O)C2CCC2)n1. The van der Waals surface area contributed by atoms with Crippen LogP contribution in [0.4, 0.5) is 0 Å². The van der Waals surface area contributed by atoms with Crippen molar-refractivity contribution in [3.05, 3.63) is 47.9 Å². The molecule has 4 fully saturated rings. The maximum atomic E-state index is 12.2. The predicted molar refractivity (Wildman–Crippen MR) is 113 cm³/mol. The van der Waals surface area contributed by atoms with Gasteiger partial charge in [0, 0.05) is 42.2 Å². The lowest BCUT2D eigenvalue weighted by molar-refractivity contribution is -0.127. The second-order valence-electron chi connectivity index (χ2n) is 9.00. The third-order valence-electron chi connectivity index (χ3n) is 7.17. The van der Waals surface area contributed by atoms with Crippen LogP contribution >= 0.6 is 0 Å². The van der Waals surface area contributed by atoms with E-state index in [9.17, 15) is 4.79 Å².